The van der Waals surface area contributed by atoms with E-state index in [1.54, 1.807) is 19.2 Å². The molecule has 2 amide bonds. The van der Waals surface area contributed by atoms with Crippen LogP contribution in [-0.4, -0.2) is 55.0 Å². The van der Waals surface area contributed by atoms with E-state index in [2.05, 4.69) is 20.8 Å². The number of amides is 2. The van der Waals surface area contributed by atoms with E-state index < -0.39 is 0 Å². The molecule has 0 saturated carbocycles. The Labute approximate surface area is 142 Å². The summed E-state index contributed by atoms with van der Waals surface area (Å²) in [4.78, 5) is 28.1. The Morgan fingerprint density at radius 2 is 1.91 bits per heavy atom. The third kappa shape index (κ3) is 3.18. The zero-order valence-corrected chi connectivity index (χ0v) is 14.4. The second-order valence-electron chi connectivity index (χ2n) is 5.98. The van der Waals surface area contributed by atoms with Crippen LogP contribution in [0, 0.1) is 17.7 Å². The van der Waals surface area contributed by atoms with Gasteiger partial charge in [0.15, 0.2) is 0 Å². The number of imide groups is 1. The summed E-state index contributed by atoms with van der Waals surface area (Å²) in [5.74, 6) is -1.02. The first-order valence-electron chi connectivity index (χ1n) is 7.51. The fourth-order valence-electron chi connectivity index (χ4n) is 3.32. The molecule has 124 valence electrons. The minimum Gasteiger partial charge on any atom is -0.383 e. The third-order valence-corrected chi connectivity index (χ3v) is 5.08. The summed E-state index contributed by atoms with van der Waals surface area (Å²) in [6.07, 6.45) is 0. The van der Waals surface area contributed by atoms with E-state index in [0.29, 0.717) is 37.3 Å². The minimum atomic E-state index is -0.300. The molecule has 5 nitrogen and oxygen atoms in total. The molecule has 2 heterocycles. The maximum absolute atomic E-state index is 13.3. The Balaban J connectivity index is 1.65. The molecule has 2 aliphatic heterocycles. The van der Waals surface area contributed by atoms with Crippen molar-refractivity contribution >= 4 is 27.7 Å². The number of likely N-dealkylation sites (tertiary alicyclic amines) is 2. The van der Waals surface area contributed by atoms with Gasteiger partial charge in [0, 0.05) is 26.7 Å². The van der Waals surface area contributed by atoms with Crippen molar-refractivity contribution in [1.82, 2.24) is 9.80 Å². The first kappa shape index (κ1) is 16.5. The fraction of sp³-hybridized carbons (Fsp3) is 0.500. The van der Waals surface area contributed by atoms with E-state index in [-0.39, 0.29) is 29.5 Å². The number of nitrogens with zero attached hydrogens (tertiary/aromatic N) is 2. The number of hydrogen-bond donors (Lipinski definition) is 0. The highest BCUT2D eigenvalue weighted by Crippen LogP contribution is 2.34. The molecule has 2 aliphatic rings. The van der Waals surface area contributed by atoms with Gasteiger partial charge >= 0.3 is 0 Å². The molecule has 2 fully saturated rings. The van der Waals surface area contributed by atoms with Crippen molar-refractivity contribution in [3.05, 3.63) is 34.1 Å². The van der Waals surface area contributed by atoms with Crippen LogP contribution in [0.25, 0.3) is 0 Å². The molecule has 0 bridgehead atoms. The number of carbonyl (C=O) groups excluding carboxylic acids is 2. The van der Waals surface area contributed by atoms with E-state index in [0.717, 1.165) is 5.56 Å². The van der Waals surface area contributed by atoms with Gasteiger partial charge in [-0.3, -0.25) is 19.4 Å². The molecular weight excluding hydrogens is 367 g/mol. The van der Waals surface area contributed by atoms with Crippen LogP contribution in [0.2, 0.25) is 0 Å². The number of rotatable bonds is 5. The summed E-state index contributed by atoms with van der Waals surface area (Å²) in [6.45, 7) is 2.42. The molecule has 0 radical (unpaired) electrons. The van der Waals surface area contributed by atoms with Gasteiger partial charge in [-0.2, -0.15) is 0 Å². The van der Waals surface area contributed by atoms with Crippen molar-refractivity contribution in [1.29, 1.82) is 0 Å². The normalized spacial score (nSPS) is 24.6. The van der Waals surface area contributed by atoms with E-state index >= 15 is 0 Å². The second kappa shape index (κ2) is 6.67. The Bertz CT molecular complexity index is 616. The maximum Gasteiger partial charge on any atom is 0.234 e. The molecule has 0 aromatic heterocycles. The molecule has 23 heavy (non-hydrogen) atoms. The SMILES string of the molecule is COCCN1C(=O)[C@H]2CN(Cc3ccc(F)c(Br)c3)C[C@H]2C1=O. The average molecular weight is 385 g/mol. The lowest BCUT2D eigenvalue weighted by atomic mass is 10.00. The van der Waals surface area contributed by atoms with Crippen LogP contribution in [0.4, 0.5) is 4.39 Å². The monoisotopic (exact) mass is 384 g/mol. The van der Waals surface area contributed by atoms with Gasteiger partial charge in [-0.05, 0) is 33.6 Å². The second-order valence-corrected chi connectivity index (χ2v) is 6.83. The lowest BCUT2D eigenvalue weighted by Crippen LogP contribution is -2.37. The summed E-state index contributed by atoms with van der Waals surface area (Å²) < 4.78 is 18.7. The quantitative estimate of drug-likeness (QED) is 0.724. The van der Waals surface area contributed by atoms with Crippen molar-refractivity contribution in [2.45, 2.75) is 6.54 Å². The van der Waals surface area contributed by atoms with Gasteiger partial charge in [0.25, 0.3) is 0 Å². The standard InChI is InChI=1S/C16H18BrFN2O3/c1-23-5-4-20-15(21)11-8-19(9-12(11)16(20)22)7-10-2-3-14(18)13(17)6-10/h2-3,6,11-12H,4-5,7-9H2,1H3/t11-,12+. The van der Waals surface area contributed by atoms with Gasteiger partial charge in [0.05, 0.1) is 29.5 Å². The molecule has 7 heteroatoms. The maximum atomic E-state index is 13.3. The number of halogens is 2. The van der Waals surface area contributed by atoms with E-state index in [1.165, 1.54) is 11.0 Å². The van der Waals surface area contributed by atoms with Crippen LogP contribution in [-0.2, 0) is 20.9 Å². The summed E-state index contributed by atoms with van der Waals surface area (Å²) >= 11 is 3.17. The van der Waals surface area contributed by atoms with Crippen molar-refractivity contribution in [2.75, 3.05) is 33.4 Å². The smallest absolute Gasteiger partial charge is 0.234 e. The Kier molecular flexibility index (Phi) is 4.79. The molecule has 0 N–H and O–H groups in total. The van der Waals surface area contributed by atoms with Crippen LogP contribution >= 0.6 is 15.9 Å². The van der Waals surface area contributed by atoms with Crippen LogP contribution < -0.4 is 0 Å². The molecule has 0 spiro atoms. The largest absolute Gasteiger partial charge is 0.383 e. The average Bonchev–Trinajstić information content (AvgIpc) is 3.02. The zero-order valence-electron chi connectivity index (χ0n) is 12.8. The van der Waals surface area contributed by atoms with Crippen molar-refractivity contribution in [3.63, 3.8) is 0 Å². The molecule has 3 rings (SSSR count). The number of ether oxygens (including phenoxy) is 1. The van der Waals surface area contributed by atoms with Crippen LogP contribution in [0.15, 0.2) is 22.7 Å². The Morgan fingerprint density at radius 1 is 1.26 bits per heavy atom. The van der Waals surface area contributed by atoms with E-state index in [9.17, 15) is 14.0 Å². The van der Waals surface area contributed by atoms with E-state index in [4.69, 9.17) is 4.74 Å². The summed E-state index contributed by atoms with van der Waals surface area (Å²) in [5, 5.41) is 0. The van der Waals surface area contributed by atoms with Gasteiger partial charge in [-0.25, -0.2) is 4.39 Å². The molecule has 2 atom stereocenters. The molecular formula is C16H18BrFN2O3. The van der Waals surface area contributed by atoms with Crippen LogP contribution in [0.5, 0.6) is 0 Å². The minimum absolute atomic E-state index is 0.0974. The predicted molar refractivity (Wildman–Crippen MR) is 85.0 cm³/mol. The first-order valence-corrected chi connectivity index (χ1v) is 8.31. The predicted octanol–water partition coefficient (Wildman–Crippen LogP) is 1.65. The highest BCUT2D eigenvalue weighted by molar-refractivity contribution is 9.10. The van der Waals surface area contributed by atoms with E-state index in [1.807, 2.05) is 0 Å². The summed E-state index contributed by atoms with van der Waals surface area (Å²) in [5.41, 5.74) is 0.953. The number of benzene rings is 1. The van der Waals surface area contributed by atoms with Gasteiger partial charge in [0.1, 0.15) is 5.82 Å². The van der Waals surface area contributed by atoms with Gasteiger partial charge < -0.3 is 4.74 Å². The fourth-order valence-corrected chi connectivity index (χ4v) is 3.75. The van der Waals surface area contributed by atoms with Gasteiger partial charge in [-0.15, -0.1) is 0 Å². The third-order valence-electron chi connectivity index (χ3n) is 4.47. The Hall–Kier alpha value is -1.31. The van der Waals surface area contributed by atoms with Crippen LogP contribution in [0.3, 0.4) is 0 Å². The topological polar surface area (TPSA) is 49.9 Å². The number of fused-ring (bicyclic) bond motifs is 1. The highest BCUT2D eigenvalue weighted by atomic mass is 79.9. The molecule has 0 aliphatic carbocycles. The summed E-state index contributed by atoms with van der Waals surface area (Å²) in [6, 6.07) is 4.87. The molecule has 1 aromatic rings. The molecule has 2 saturated heterocycles. The van der Waals surface area contributed by atoms with Crippen molar-refractivity contribution < 1.29 is 18.7 Å². The van der Waals surface area contributed by atoms with Crippen LogP contribution in [0.1, 0.15) is 5.56 Å². The Morgan fingerprint density at radius 3 is 2.48 bits per heavy atom. The number of carbonyl (C=O) groups is 2. The highest BCUT2D eigenvalue weighted by Gasteiger charge is 2.51. The number of methoxy groups -OCH3 is 1. The number of hydrogen-bond acceptors (Lipinski definition) is 4. The lowest BCUT2D eigenvalue weighted by molar-refractivity contribution is -0.141. The first-order chi connectivity index (χ1) is 11.0. The molecule has 0 unspecified atom stereocenters. The lowest BCUT2D eigenvalue weighted by Gasteiger charge is -2.20. The molecule has 1 aromatic carbocycles. The van der Waals surface area contributed by atoms with Gasteiger partial charge in [-0.1, -0.05) is 6.07 Å². The van der Waals surface area contributed by atoms with Gasteiger partial charge in [0.2, 0.25) is 11.8 Å². The van der Waals surface area contributed by atoms with Crippen molar-refractivity contribution in [3.8, 4) is 0 Å². The van der Waals surface area contributed by atoms with Crippen molar-refractivity contribution in [2.24, 2.45) is 11.8 Å². The zero-order chi connectivity index (χ0) is 16.6. The summed E-state index contributed by atoms with van der Waals surface area (Å²) in [7, 11) is 1.55.